The van der Waals surface area contributed by atoms with Crippen LogP contribution in [-0.4, -0.2) is 12.8 Å². The zero-order valence-electron chi connectivity index (χ0n) is 10.3. The van der Waals surface area contributed by atoms with Crippen molar-refractivity contribution in [1.82, 2.24) is 0 Å². The number of hydrogen-bond acceptors (Lipinski definition) is 0. The van der Waals surface area contributed by atoms with Crippen LogP contribution in [0.3, 0.4) is 0 Å². The van der Waals surface area contributed by atoms with Crippen molar-refractivity contribution in [2.75, 3.05) is 12.8 Å². The molecule has 2 aromatic carbocycles. The first-order valence-corrected chi connectivity index (χ1v) is 8.16. The molecular formula is C15H18IP. The van der Waals surface area contributed by atoms with Gasteiger partial charge in [0.25, 0.3) is 0 Å². The van der Waals surface area contributed by atoms with Gasteiger partial charge in [0.15, 0.2) is 0 Å². The van der Waals surface area contributed by atoms with Gasteiger partial charge in [-0.15, -0.1) is 0 Å². The summed E-state index contributed by atoms with van der Waals surface area (Å²) in [5.74, 6) is 0. The lowest BCUT2D eigenvalue weighted by Gasteiger charge is -2.21. The van der Waals surface area contributed by atoms with Gasteiger partial charge in [-0.1, -0.05) is 36.4 Å². The Morgan fingerprint density at radius 2 is 1.12 bits per heavy atom. The molecule has 0 bridgehead atoms. The lowest BCUT2D eigenvalue weighted by Crippen LogP contribution is -3.00. The van der Waals surface area contributed by atoms with E-state index in [1.54, 1.807) is 0 Å². The van der Waals surface area contributed by atoms with Crippen molar-refractivity contribution in [1.29, 1.82) is 0 Å². The zero-order chi connectivity index (χ0) is 11.4. The third-order valence-corrected chi connectivity index (χ3v) is 7.43. The highest BCUT2D eigenvalue weighted by molar-refractivity contribution is 7.88. The lowest BCUT2D eigenvalue weighted by atomic mass is 10.4. The van der Waals surface area contributed by atoms with Gasteiger partial charge in [0.2, 0.25) is 0 Å². The van der Waals surface area contributed by atoms with Crippen LogP contribution in [-0.2, 0) is 0 Å². The van der Waals surface area contributed by atoms with E-state index in [1.165, 1.54) is 16.8 Å². The monoisotopic (exact) mass is 356 g/mol. The highest BCUT2D eigenvalue weighted by Crippen LogP contribution is 2.51. The number of rotatable bonds is 3. The van der Waals surface area contributed by atoms with Gasteiger partial charge in [-0.2, -0.15) is 0 Å². The predicted octanol–water partition coefficient (Wildman–Crippen LogP) is 0.309. The molecule has 2 aromatic rings. The van der Waals surface area contributed by atoms with Crippen LogP contribution in [0.2, 0.25) is 0 Å². The lowest BCUT2D eigenvalue weighted by molar-refractivity contribution is -0.00000327. The van der Waals surface area contributed by atoms with Crippen molar-refractivity contribution in [2.24, 2.45) is 0 Å². The van der Waals surface area contributed by atoms with Gasteiger partial charge in [0.1, 0.15) is 0 Å². The Kier molecular flexibility index (Phi) is 5.61. The molecule has 0 saturated heterocycles. The minimum Gasteiger partial charge on any atom is -1.00 e. The summed E-state index contributed by atoms with van der Waals surface area (Å²) in [6.45, 7) is 4.73. The molecule has 0 spiro atoms. The molecule has 0 nitrogen and oxygen atoms in total. The molecule has 0 aliphatic heterocycles. The Labute approximate surface area is 122 Å². The largest absolute Gasteiger partial charge is 1.00 e. The Hall–Kier alpha value is -0.400. The van der Waals surface area contributed by atoms with Gasteiger partial charge in [-0.25, -0.2) is 0 Å². The maximum Gasteiger partial charge on any atom is 0.0988 e. The van der Waals surface area contributed by atoms with E-state index in [4.69, 9.17) is 0 Å². The predicted molar refractivity (Wildman–Crippen MR) is 75.5 cm³/mol. The summed E-state index contributed by atoms with van der Waals surface area (Å²) in [4.78, 5) is 0. The fraction of sp³-hybridized carbons (Fsp3) is 0.200. The van der Waals surface area contributed by atoms with Gasteiger partial charge in [0.05, 0.1) is 30.7 Å². The van der Waals surface area contributed by atoms with Gasteiger partial charge in [-0.05, 0) is 31.2 Å². The van der Waals surface area contributed by atoms with E-state index in [1.807, 2.05) is 0 Å². The van der Waals surface area contributed by atoms with E-state index in [2.05, 4.69) is 74.3 Å². The normalized spacial score (nSPS) is 10.7. The highest BCUT2D eigenvalue weighted by Gasteiger charge is 2.34. The van der Waals surface area contributed by atoms with Crippen molar-refractivity contribution >= 4 is 17.9 Å². The van der Waals surface area contributed by atoms with Crippen molar-refractivity contribution in [2.45, 2.75) is 6.92 Å². The molecule has 90 valence electrons. The second kappa shape index (κ2) is 6.51. The standard InChI is InChI=1S/C15H18P.HI/c1-3-16(2,14-10-6-4-7-11-14)15-12-8-5-9-13-15;/h4-13H,3H2,1-2H3;1H/q+1;/p-1. The molecule has 0 unspecified atom stereocenters. The SMILES string of the molecule is CC[P+](C)(c1ccccc1)c1ccccc1.[I-]. The fourth-order valence-corrected chi connectivity index (χ4v) is 4.72. The van der Waals surface area contributed by atoms with E-state index in [-0.39, 0.29) is 24.0 Å². The number of benzene rings is 2. The van der Waals surface area contributed by atoms with Crippen LogP contribution in [0.25, 0.3) is 0 Å². The van der Waals surface area contributed by atoms with Gasteiger partial charge in [-0.3, -0.25) is 0 Å². The van der Waals surface area contributed by atoms with E-state index in [0.717, 1.165) is 0 Å². The van der Waals surface area contributed by atoms with E-state index < -0.39 is 7.26 Å². The number of halogens is 1. The smallest absolute Gasteiger partial charge is 0.0988 e. The second-order valence-corrected chi connectivity index (χ2v) is 8.23. The topological polar surface area (TPSA) is 0 Å². The average molecular weight is 356 g/mol. The third-order valence-electron chi connectivity index (χ3n) is 3.28. The minimum atomic E-state index is -1.15. The van der Waals surface area contributed by atoms with Gasteiger partial charge in [0, 0.05) is 0 Å². The van der Waals surface area contributed by atoms with Gasteiger partial charge < -0.3 is 24.0 Å². The average Bonchev–Trinajstić information content (AvgIpc) is 2.40. The first-order chi connectivity index (χ1) is 7.77. The summed E-state index contributed by atoms with van der Waals surface area (Å²) in [6.07, 6.45) is 1.22. The molecule has 0 aliphatic carbocycles. The Bertz CT molecular complexity index is 399. The Balaban J connectivity index is 0.00000144. The molecule has 2 heteroatoms. The van der Waals surface area contributed by atoms with Crippen LogP contribution in [0.1, 0.15) is 6.92 Å². The van der Waals surface area contributed by atoms with Gasteiger partial charge >= 0.3 is 0 Å². The van der Waals surface area contributed by atoms with E-state index >= 15 is 0 Å². The maximum absolute atomic E-state index is 2.43. The summed E-state index contributed by atoms with van der Waals surface area (Å²) < 4.78 is 0. The van der Waals surface area contributed by atoms with Crippen molar-refractivity contribution in [3.8, 4) is 0 Å². The van der Waals surface area contributed by atoms with Crippen LogP contribution in [0.4, 0.5) is 0 Å². The van der Waals surface area contributed by atoms with E-state index in [9.17, 15) is 0 Å². The molecule has 0 heterocycles. The molecule has 0 saturated carbocycles. The van der Waals surface area contributed by atoms with Crippen molar-refractivity contribution < 1.29 is 24.0 Å². The number of hydrogen-bond donors (Lipinski definition) is 0. The molecule has 0 aromatic heterocycles. The summed E-state index contributed by atoms with van der Waals surface area (Å²) in [5, 5.41) is 3.01. The van der Waals surface area contributed by atoms with Crippen LogP contribution < -0.4 is 34.6 Å². The molecule has 0 atom stereocenters. The van der Waals surface area contributed by atoms with Crippen LogP contribution >= 0.6 is 7.26 Å². The summed E-state index contributed by atoms with van der Waals surface area (Å²) in [7, 11) is -1.15. The zero-order valence-corrected chi connectivity index (χ0v) is 13.4. The highest BCUT2D eigenvalue weighted by atomic mass is 127. The maximum atomic E-state index is 2.43. The molecule has 0 N–H and O–H groups in total. The third kappa shape index (κ3) is 3.08. The second-order valence-electron chi connectivity index (χ2n) is 4.18. The first-order valence-electron chi connectivity index (χ1n) is 5.74. The molecule has 17 heavy (non-hydrogen) atoms. The van der Waals surface area contributed by atoms with Crippen LogP contribution in [0.5, 0.6) is 0 Å². The van der Waals surface area contributed by atoms with Crippen molar-refractivity contribution in [3.05, 3.63) is 60.7 Å². The summed E-state index contributed by atoms with van der Waals surface area (Å²) in [6, 6.07) is 21.8. The fourth-order valence-electron chi connectivity index (χ4n) is 2.03. The molecule has 0 aliphatic rings. The summed E-state index contributed by atoms with van der Waals surface area (Å²) in [5.41, 5.74) is 0. The van der Waals surface area contributed by atoms with E-state index in [0.29, 0.717) is 0 Å². The summed E-state index contributed by atoms with van der Waals surface area (Å²) >= 11 is 0. The van der Waals surface area contributed by atoms with Crippen LogP contribution in [0, 0.1) is 0 Å². The first kappa shape index (κ1) is 14.7. The Morgan fingerprint density at radius 1 is 0.765 bits per heavy atom. The van der Waals surface area contributed by atoms with Crippen LogP contribution in [0.15, 0.2) is 60.7 Å². The molecule has 2 rings (SSSR count). The molecule has 0 fully saturated rings. The molecular weight excluding hydrogens is 338 g/mol. The molecule has 0 radical (unpaired) electrons. The quantitative estimate of drug-likeness (QED) is 0.549. The Morgan fingerprint density at radius 3 is 1.41 bits per heavy atom. The van der Waals surface area contributed by atoms with Crippen molar-refractivity contribution in [3.63, 3.8) is 0 Å². The minimum absolute atomic E-state index is 0. The molecule has 0 amide bonds.